The SMILES string of the molecule is Nc1nc(CCl)cc(C(F)F)c1Cl. The van der Waals surface area contributed by atoms with Crippen LogP contribution in [0.4, 0.5) is 14.6 Å². The third-order valence-corrected chi connectivity index (χ3v) is 2.12. The molecule has 1 aromatic rings. The van der Waals surface area contributed by atoms with Gasteiger partial charge >= 0.3 is 0 Å². The minimum Gasteiger partial charge on any atom is -0.382 e. The Kier molecular flexibility index (Phi) is 3.27. The van der Waals surface area contributed by atoms with E-state index in [0.717, 1.165) is 6.07 Å². The Morgan fingerprint density at radius 3 is 2.62 bits per heavy atom. The largest absolute Gasteiger partial charge is 0.382 e. The van der Waals surface area contributed by atoms with Crippen LogP contribution in [0.1, 0.15) is 17.7 Å². The topological polar surface area (TPSA) is 38.9 Å². The molecule has 13 heavy (non-hydrogen) atoms. The van der Waals surface area contributed by atoms with Crippen LogP contribution >= 0.6 is 23.2 Å². The highest BCUT2D eigenvalue weighted by Crippen LogP contribution is 2.31. The van der Waals surface area contributed by atoms with Crippen LogP contribution in [0, 0.1) is 0 Å². The number of anilines is 1. The molecule has 0 saturated carbocycles. The number of hydrogen-bond acceptors (Lipinski definition) is 2. The van der Waals surface area contributed by atoms with Crippen LogP contribution < -0.4 is 5.73 Å². The molecule has 1 rings (SSSR count). The van der Waals surface area contributed by atoms with Crippen LogP contribution in [-0.2, 0) is 5.88 Å². The molecule has 0 fully saturated rings. The second-order valence-electron chi connectivity index (χ2n) is 2.34. The average Bonchev–Trinajstić information content (AvgIpc) is 2.09. The molecule has 6 heteroatoms. The van der Waals surface area contributed by atoms with Crippen molar-refractivity contribution in [3.63, 3.8) is 0 Å². The van der Waals surface area contributed by atoms with Crippen molar-refractivity contribution in [1.82, 2.24) is 4.98 Å². The van der Waals surface area contributed by atoms with Gasteiger partial charge in [0.2, 0.25) is 0 Å². The molecule has 2 N–H and O–H groups in total. The Balaban J connectivity index is 3.25. The van der Waals surface area contributed by atoms with Gasteiger partial charge in [-0.3, -0.25) is 0 Å². The van der Waals surface area contributed by atoms with Crippen molar-refractivity contribution in [2.75, 3.05) is 5.73 Å². The average molecular weight is 227 g/mol. The van der Waals surface area contributed by atoms with Crippen LogP contribution in [0.25, 0.3) is 0 Å². The zero-order valence-corrected chi connectivity index (χ0v) is 7.91. The van der Waals surface area contributed by atoms with Gasteiger partial charge in [-0.1, -0.05) is 11.6 Å². The summed E-state index contributed by atoms with van der Waals surface area (Å²) in [5.74, 6) is -0.0868. The summed E-state index contributed by atoms with van der Waals surface area (Å²) in [6, 6.07) is 1.15. The number of halogens is 4. The van der Waals surface area contributed by atoms with E-state index >= 15 is 0 Å². The van der Waals surface area contributed by atoms with Gasteiger partial charge < -0.3 is 5.73 Å². The minimum absolute atomic E-state index is 0.0289. The monoisotopic (exact) mass is 226 g/mol. The molecule has 0 unspecified atom stereocenters. The second kappa shape index (κ2) is 4.07. The van der Waals surface area contributed by atoms with E-state index in [4.69, 9.17) is 28.9 Å². The number of nitrogen functional groups attached to an aromatic ring is 1. The molecule has 0 spiro atoms. The summed E-state index contributed by atoms with van der Waals surface area (Å²) in [5, 5.41) is -0.205. The lowest BCUT2D eigenvalue weighted by Gasteiger charge is -2.06. The molecule has 2 nitrogen and oxygen atoms in total. The second-order valence-corrected chi connectivity index (χ2v) is 2.98. The Morgan fingerprint density at radius 2 is 2.15 bits per heavy atom. The lowest BCUT2D eigenvalue weighted by Crippen LogP contribution is -1.99. The first-order valence-corrected chi connectivity index (χ1v) is 4.26. The summed E-state index contributed by atoms with van der Waals surface area (Å²) in [7, 11) is 0. The molecular formula is C7H6Cl2F2N2. The highest BCUT2D eigenvalue weighted by Gasteiger charge is 2.16. The Bertz CT molecular complexity index is 318. The third-order valence-electron chi connectivity index (χ3n) is 1.44. The van der Waals surface area contributed by atoms with Crippen molar-refractivity contribution in [2.45, 2.75) is 12.3 Å². The predicted octanol–water partition coefficient (Wildman–Crippen LogP) is 2.99. The molecule has 0 saturated heterocycles. The number of nitrogens with zero attached hydrogens (tertiary/aromatic N) is 1. The zero-order valence-electron chi connectivity index (χ0n) is 6.40. The Labute approximate surface area is 83.7 Å². The van der Waals surface area contributed by atoms with Gasteiger partial charge in [0.1, 0.15) is 5.82 Å². The van der Waals surface area contributed by atoms with Crippen LogP contribution in [0.2, 0.25) is 5.02 Å². The quantitative estimate of drug-likeness (QED) is 0.788. The van der Waals surface area contributed by atoms with Gasteiger partial charge in [-0.25, -0.2) is 13.8 Å². The normalized spacial score (nSPS) is 10.8. The molecule has 0 aliphatic heterocycles. The zero-order chi connectivity index (χ0) is 10.0. The third kappa shape index (κ3) is 2.19. The summed E-state index contributed by atoms with van der Waals surface area (Å²) in [5.41, 5.74) is 5.26. The highest BCUT2D eigenvalue weighted by atomic mass is 35.5. The maximum Gasteiger partial charge on any atom is 0.265 e. The maximum atomic E-state index is 12.3. The highest BCUT2D eigenvalue weighted by molar-refractivity contribution is 6.33. The summed E-state index contributed by atoms with van der Waals surface area (Å²) in [6.07, 6.45) is -2.67. The first-order chi connectivity index (χ1) is 6.06. The molecule has 0 aromatic carbocycles. The van der Waals surface area contributed by atoms with E-state index in [0.29, 0.717) is 5.69 Å². The van der Waals surface area contributed by atoms with Gasteiger partial charge in [0.05, 0.1) is 16.6 Å². The molecule has 1 heterocycles. The van der Waals surface area contributed by atoms with Gasteiger partial charge in [-0.2, -0.15) is 0 Å². The first-order valence-electron chi connectivity index (χ1n) is 3.35. The van der Waals surface area contributed by atoms with Crippen LogP contribution in [0.15, 0.2) is 6.07 Å². The van der Waals surface area contributed by atoms with Gasteiger partial charge in [-0.05, 0) is 6.07 Å². The molecule has 0 aliphatic rings. The summed E-state index contributed by atoms with van der Waals surface area (Å²) in [4.78, 5) is 3.71. The fourth-order valence-electron chi connectivity index (χ4n) is 0.854. The van der Waals surface area contributed by atoms with Crippen molar-refractivity contribution in [2.24, 2.45) is 0 Å². The van der Waals surface area contributed by atoms with Crippen molar-refractivity contribution in [3.05, 3.63) is 22.3 Å². The molecular weight excluding hydrogens is 221 g/mol. The Hall–Kier alpha value is -0.610. The predicted molar refractivity (Wildman–Crippen MR) is 48.2 cm³/mol. The van der Waals surface area contributed by atoms with Crippen LogP contribution in [-0.4, -0.2) is 4.98 Å². The molecule has 72 valence electrons. The summed E-state index contributed by atoms with van der Waals surface area (Å²) >= 11 is 10.9. The lowest BCUT2D eigenvalue weighted by molar-refractivity contribution is 0.151. The van der Waals surface area contributed by atoms with Crippen LogP contribution in [0.5, 0.6) is 0 Å². The molecule has 0 atom stereocenters. The van der Waals surface area contributed by atoms with E-state index in [1.54, 1.807) is 0 Å². The molecule has 0 amide bonds. The van der Waals surface area contributed by atoms with E-state index in [9.17, 15) is 8.78 Å². The van der Waals surface area contributed by atoms with Gasteiger partial charge in [0.25, 0.3) is 6.43 Å². The lowest BCUT2D eigenvalue weighted by atomic mass is 10.2. The molecule has 1 aromatic heterocycles. The minimum atomic E-state index is -2.67. The van der Waals surface area contributed by atoms with Crippen LogP contribution in [0.3, 0.4) is 0 Å². The van der Waals surface area contributed by atoms with E-state index in [2.05, 4.69) is 4.98 Å². The molecule has 0 radical (unpaired) electrons. The fourth-order valence-corrected chi connectivity index (χ4v) is 1.17. The fraction of sp³-hybridized carbons (Fsp3) is 0.286. The smallest absolute Gasteiger partial charge is 0.265 e. The first kappa shape index (κ1) is 10.5. The van der Waals surface area contributed by atoms with Crippen molar-refractivity contribution in [3.8, 4) is 0 Å². The van der Waals surface area contributed by atoms with Crippen molar-refractivity contribution < 1.29 is 8.78 Å². The van der Waals surface area contributed by atoms with E-state index in [1.807, 2.05) is 0 Å². The number of nitrogens with two attached hydrogens (primary N) is 1. The van der Waals surface area contributed by atoms with Crippen molar-refractivity contribution >= 4 is 29.0 Å². The number of aromatic nitrogens is 1. The summed E-state index contributed by atoms with van der Waals surface area (Å²) in [6.45, 7) is 0. The number of alkyl halides is 3. The number of hydrogen-bond donors (Lipinski definition) is 1. The van der Waals surface area contributed by atoms with E-state index in [1.165, 1.54) is 0 Å². The maximum absolute atomic E-state index is 12.3. The summed E-state index contributed by atoms with van der Waals surface area (Å²) < 4.78 is 24.6. The molecule has 0 bridgehead atoms. The van der Waals surface area contributed by atoms with Crippen molar-refractivity contribution in [1.29, 1.82) is 0 Å². The van der Waals surface area contributed by atoms with E-state index < -0.39 is 6.43 Å². The number of pyridine rings is 1. The Morgan fingerprint density at radius 1 is 1.54 bits per heavy atom. The standard InChI is InChI=1S/C7H6Cl2F2N2/c8-2-3-1-4(6(10)11)5(9)7(12)13-3/h1,6H,2H2,(H2,12,13). The molecule has 0 aliphatic carbocycles. The van der Waals surface area contributed by atoms with Gasteiger partial charge in [0.15, 0.2) is 0 Å². The van der Waals surface area contributed by atoms with Gasteiger partial charge in [-0.15, -0.1) is 11.6 Å². The van der Waals surface area contributed by atoms with E-state index in [-0.39, 0.29) is 22.3 Å². The number of rotatable bonds is 2. The van der Waals surface area contributed by atoms with Gasteiger partial charge in [0, 0.05) is 5.56 Å².